The first-order valence-corrected chi connectivity index (χ1v) is 8.37. The molecule has 0 aliphatic rings. The first-order chi connectivity index (χ1) is 11.3. The smallest absolute Gasteiger partial charge is 0.269 e. The SMILES string of the molecule is O=C(NCCSc1ccccc1)c1cncn1-c1ccccc1. The molecule has 0 aliphatic carbocycles. The lowest BCUT2D eigenvalue weighted by Gasteiger charge is -2.08. The Hall–Kier alpha value is -2.53. The second-order valence-electron chi connectivity index (χ2n) is 4.90. The number of rotatable bonds is 6. The Kier molecular flexibility index (Phi) is 5.11. The van der Waals surface area contributed by atoms with Gasteiger partial charge in [-0.25, -0.2) is 4.98 Å². The molecule has 116 valence electrons. The number of para-hydroxylation sites is 1. The van der Waals surface area contributed by atoms with Crippen molar-refractivity contribution in [3.8, 4) is 5.69 Å². The number of thioether (sulfide) groups is 1. The predicted molar refractivity (Wildman–Crippen MR) is 93.1 cm³/mol. The van der Waals surface area contributed by atoms with Crippen LogP contribution in [0, 0.1) is 0 Å². The second kappa shape index (κ2) is 7.65. The molecule has 1 heterocycles. The first-order valence-electron chi connectivity index (χ1n) is 7.38. The van der Waals surface area contributed by atoms with Crippen molar-refractivity contribution in [3.63, 3.8) is 0 Å². The van der Waals surface area contributed by atoms with Crippen LogP contribution < -0.4 is 5.32 Å². The van der Waals surface area contributed by atoms with E-state index >= 15 is 0 Å². The molecule has 0 spiro atoms. The van der Waals surface area contributed by atoms with E-state index in [0.29, 0.717) is 12.2 Å². The van der Waals surface area contributed by atoms with Gasteiger partial charge in [0, 0.05) is 22.9 Å². The van der Waals surface area contributed by atoms with Crippen molar-refractivity contribution < 1.29 is 4.79 Å². The van der Waals surface area contributed by atoms with Crippen LogP contribution in [0.3, 0.4) is 0 Å². The summed E-state index contributed by atoms with van der Waals surface area (Å²) in [6.07, 6.45) is 3.25. The quantitative estimate of drug-likeness (QED) is 0.559. The fourth-order valence-corrected chi connectivity index (χ4v) is 2.99. The van der Waals surface area contributed by atoms with Gasteiger partial charge in [0.2, 0.25) is 0 Å². The summed E-state index contributed by atoms with van der Waals surface area (Å²) in [6, 6.07) is 19.9. The van der Waals surface area contributed by atoms with Crippen molar-refractivity contribution in [2.75, 3.05) is 12.3 Å². The number of amides is 1. The standard InChI is InChI=1S/C18H17N3OS/c22-18(20-11-12-23-16-9-5-2-6-10-16)17-13-19-14-21(17)15-7-3-1-4-8-15/h1-10,13-14H,11-12H2,(H,20,22). The zero-order chi connectivity index (χ0) is 15.9. The van der Waals surface area contributed by atoms with Gasteiger partial charge < -0.3 is 5.32 Å². The third-order valence-corrected chi connectivity index (χ3v) is 4.32. The van der Waals surface area contributed by atoms with Gasteiger partial charge in [-0.15, -0.1) is 11.8 Å². The van der Waals surface area contributed by atoms with Crippen molar-refractivity contribution in [2.45, 2.75) is 4.90 Å². The van der Waals surface area contributed by atoms with E-state index in [2.05, 4.69) is 22.4 Å². The van der Waals surface area contributed by atoms with E-state index in [4.69, 9.17) is 0 Å². The normalized spacial score (nSPS) is 10.4. The van der Waals surface area contributed by atoms with Crippen LogP contribution in [-0.2, 0) is 0 Å². The summed E-state index contributed by atoms with van der Waals surface area (Å²) >= 11 is 1.72. The van der Waals surface area contributed by atoms with Crippen molar-refractivity contribution in [1.29, 1.82) is 0 Å². The lowest BCUT2D eigenvalue weighted by molar-refractivity contribution is 0.0949. The summed E-state index contributed by atoms with van der Waals surface area (Å²) in [5, 5.41) is 2.94. The number of hydrogen-bond donors (Lipinski definition) is 1. The molecular weight excluding hydrogens is 306 g/mol. The van der Waals surface area contributed by atoms with Gasteiger partial charge in [0.05, 0.1) is 12.5 Å². The topological polar surface area (TPSA) is 46.9 Å². The van der Waals surface area contributed by atoms with E-state index < -0.39 is 0 Å². The van der Waals surface area contributed by atoms with Gasteiger partial charge in [0.15, 0.2) is 0 Å². The number of aromatic nitrogens is 2. The Balaban J connectivity index is 1.56. The molecule has 2 aromatic carbocycles. The Bertz CT molecular complexity index is 756. The Morgan fingerprint density at radius 3 is 2.48 bits per heavy atom. The highest BCUT2D eigenvalue weighted by atomic mass is 32.2. The molecule has 3 rings (SSSR count). The van der Waals surface area contributed by atoms with Crippen molar-refractivity contribution in [3.05, 3.63) is 78.9 Å². The van der Waals surface area contributed by atoms with Crippen LogP contribution in [0.25, 0.3) is 5.69 Å². The lowest BCUT2D eigenvalue weighted by Crippen LogP contribution is -2.27. The van der Waals surface area contributed by atoms with E-state index in [-0.39, 0.29) is 5.91 Å². The molecule has 0 fully saturated rings. The number of carbonyl (C=O) groups is 1. The Morgan fingerprint density at radius 1 is 1.04 bits per heavy atom. The van der Waals surface area contributed by atoms with E-state index in [0.717, 1.165) is 11.4 Å². The highest BCUT2D eigenvalue weighted by molar-refractivity contribution is 7.99. The lowest BCUT2D eigenvalue weighted by atomic mass is 10.3. The molecule has 23 heavy (non-hydrogen) atoms. The van der Waals surface area contributed by atoms with Gasteiger partial charge in [-0.1, -0.05) is 36.4 Å². The summed E-state index contributed by atoms with van der Waals surface area (Å²) < 4.78 is 1.79. The molecule has 3 aromatic rings. The maximum atomic E-state index is 12.3. The number of carbonyl (C=O) groups excluding carboxylic acids is 1. The Labute approximate surface area is 139 Å². The zero-order valence-corrected chi connectivity index (χ0v) is 13.4. The third kappa shape index (κ3) is 4.02. The van der Waals surface area contributed by atoms with Gasteiger partial charge in [-0.3, -0.25) is 9.36 Å². The second-order valence-corrected chi connectivity index (χ2v) is 6.07. The van der Waals surface area contributed by atoms with Gasteiger partial charge in [0.1, 0.15) is 5.69 Å². The van der Waals surface area contributed by atoms with E-state index in [9.17, 15) is 4.79 Å². The average molecular weight is 323 g/mol. The molecule has 0 bridgehead atoms. The molecule has 1 aromatic heterocycles. The molecule has 0 aliphatic heterocycles. The highest BCUT2D eigenvalue weighted by Crippen LogP contribution is 2.16. The molecular formula is C18H17N3OS. The molecule has 0 saturated heterocycles. The van der Waals surface area contributed by atoms with Crippen LogP contribution >= 0.6 is 11.8 Å². The van der Waals surface area contributed by atoms with Gasteiger partial charge >= 0.3 is 0 Å². The zero-order valence-electron chi connectivity index (χ0n) is 12.6. The summed E-state index contributed by atoms with van der Waals surface area (Å²) in [5.74, 6) is 0.718. The van der Waals surface area contributed by atoms with Crippen LogP contribution in [-0.4, -0.2) is 27.8 Å². The minimum atomic E-state index is -0.111. The van der Waals surface area contributed by atoms with E-state index in [1.807, 2.05) is 48.5 Å². The maximum absolute atomic E-state index is 12.3. The van der Waals surface area contributed by atoms with Crippen LogP contribution in [0.15, 0.2) is 78.1 Å². The average Bonchev–Trinajstić information content (AvgIpc) is 3.10. The van der Waals surface area contributed by atoms with E-state index in [1.165, 1.54) is 4.90 Å². The van der Waals surface area contributed by atoms with Crippen LogP contribution in [0.4, 0.5) is 0 Å². The predicted octanol–water partition coefficient (Wildman–Crippen LogP) is 3.39. The van der Waals surface area contributed by atoms with Crippen LogP contribution in [0.5, 0.6) is 0 Å². The van der Waals surface area contributed by atoms with Crippen LogP contribution in [0.2, 0.25) is 0 Å². The molecule has 0 atom stereocenters. The van der Waals surface area contributed by atoms with Crippen molar-refractivity contribution in [1.82, 2.24) is 14.9 Å². The third-order valence-electron chi connectivity index (χ3n) is 3.31. The number of benzene rings is 2. The molecule has 4 nitrogen and oxygen atoms in total. The minimum Gasteiger partial charge on any atom is -0.350 e. The maximum Gasteiger partial charge on any atom is 0.269 e. The van der Waals surface area contributed by atoms with Gasteiger partial charge in [0.25, 0.3) is 5.91 Å². The monoisotopic (exact) mass is 323 g/mol. The van der Waals surface area contributed by atoms with Crippen molar-refractivity contribution >= 4 is 17.7 Å². The first kappa shape index (κ1) is 15.4. The van der Waals surface area contributed by atoms with Gasteiger partial charge in [-0.2, -0.15) is 0 Å². The molecule has 0 radical (unpaired) electrons. The van der Waals surface area contributed by atoms with E-state index in [1.54, 1.807) is 28.9 Å². The fourth-order valence-electron chi connectivity index (χ4n) is 2.20. The number of nitrogens with one attached hydrogen (secondary N) is 1. The largest absolute Gasteiger partial charge is 0.350 e. The summed E-state index contributed by atoms with van der Waals surface area (Å²) in [5.41, 5.74) is 1.47. The molecule has 1 N–H and O–H groups in total. The van der Waals surface area contributed by atoms with Crippen molar-refractivity contribution in [2.24, 2.45) is 0 Å². The molecule has 0 unspecified atom stereocenters. The van der Waals surface area contributed by atoms with Gasteiger partial charge in [-0.05, 0) is 24.3 Å². The summed E-state index contributed by atoms with van der Waals surface area (Å²) in [6.45, 7) is 0.609. The fraction of sp³-hybridized carbons (Fsp3) is 0.111. The number of hydrogen-bond acceptors (Lipinski definition) is 3. The molecule has 0 saturated carbocycles. The molecule has 5 heteroatoms. The highest BCUT2D eigenvalue weighted by Gasteiger charge is 2.12. The Morgan fingerprint density at radius 2 is 1.74 bits per heavy atom. The number of nitrogens with zero attached hydrogens (tertiary/aromatic N) is 2. The molecule has 1 amide bonds. The summed E-state index contributed by atoms with van der Waals surface area (Å²) in [7, 11) is 0. The summed E-state index contributed by atoms with van der Waals surface area (Å²) in [4.78, 5) is 17.6. The van der Waals surface area contributed by atoms with Crippen LogP contribution in [0.1, 0.15) is 10.5 Å². The number of imidazole rings is 1. The minimum absolute atomic E-state index is 0.111.